The zero-order valence-corrected chi connectivity index (χ0v) is 15.2. The Labute approximate surface area is 153 Å². The highest BCUT2D eigenvalue weighted by atomic mass is 16.5. The van der Waals surface area contributed by atoms with Crippen LogP contribution >= 0.6 is 0 Å². The standard InChI is InChI=1S/C20H26O6/c1-13-8-9-15(16(10-13)17(21)22)18(23)26-12-20(2,19(24)25)11-14-6-4-3-5-7-14/h3-7,13,15-16H,8-12H2,1-2H3,(H,21,22)(H,24,25). The van der Waals surface area contributed by atoms with E-state index in [1.807, 2.05) is 37.3 Å². The second kappa shape index (κ2) is 8.34. The van der Waals surface area contributed by atoms with Gasteiger partial charge in [-0.15, -0.1) is 0 Å². The lowest BCUT2D eigenvalue weighted by atomic mass is 9.74. The predicted molar refractivity (Wildman–Crippen MR) is 94.5 cm³/mol. The van der Waals surface area contributed by atoms with Gasteiger partial charge in [0.15, 0.2) is 0 Å². The molecule has 0 spiro atoms. The molecule has 0 aromatic heterocycles. The van der Waals surface area contributed by atoms with Gasteiger partial charge in [0, 0.05) is 0 Å². The van der Waals surface area contributed by atoms with Crippen molar-refractivity contribution in [3.05, 3.63) is 35.9 Å². The van der Waals surface area contributed by atoms with Gasteiger partial charge in [0.25, 0.3) is 0 Å². The van der Waals surface area contributed by atoms with Gasteiger partial charge in [-0.1, -0.05) is 37.3 Å². The first-order valence-corrected chi connectivity index (χ1v) is 8.89. The number of esters is 1. The van der Waals surface area contributed by atoms with Crippen molar-refractivity contribution in [3.8, 4) is 0 Å². The molecule has 26 heavy (non-hydrogen) atoms. The summed E-state index contributed by atoms with van der Waals surface area (Å²) in [7, 11) is 0. The normalized spacial score (nSPS) is 25.1. The third-order valence-corrected chi connectivity index (χ3v) is 5.22. The molecule has 0 amide bonds. The average Bonchev–Trinajstić information content (AvgIpc) is 2.60. The van der Waals surface area contributed by atoms with Crippen LogP contribution in [0.2, 0.25) is 0 Å². The Balaban J connectivity index is 2.04. The summed E-state index contributed by atoms with van der Waals surface area (Å²) in [5, 5.41) is 19.0. The van der Waals surface area contributed by atoms with E-state index in [0.29, 0.717) is 12.8 Å². The number of carboxylic acid groups (broad SMARTS) is 2. The fraction of sp³-hybridized carbons (Fsp3) is 0.550. The molecule has 0 bridgehead atoms. The van der Waals surface area contributed by atoms with Crippen LogP contribution in [0.3, 0.4) is 0 Å². The molecule has 4 atom stereocenters. The van der Waals surface area contributed by atoms with E-state index in [1.54, 1.807) is 0 Å². The van der Waals surface area contributed by atoms with E-state index in [4.69, 9.17) is 4.74 Å². The summed E-state index contributed by atoms with van der Waals surface area (Å²) in [6.07, 6.45) is 1.89. The van der Waals surface area contributed by atoms with Crippen molar-refractivity contribution < 1.29 is 29.3 Å². The average molecular weight is 362 g/mol. The van der Waals surface area contributed by atoms with Crippen molar-refractivity contribution in [2.45, 2.75) is 39.5 Å². The largest absolute Gasteiger partial charge is 0.481 e. The number of carbonyl (C=O) groups is 3. The van der Waals surface area contributed by atoms with Crippen LogP contribution in [0.5, 0.6) is 0 Å². The fourth-order valence-corrected chi connectivity index (χ4v) is 3.51. The minimum absolute atomic E-state index is 0.223. The molecular weight excluding hydrogens is 336 g/mol. The van der Waals surface area contributed by atoms with Gasteiger partial charge in [-0.05, 0) is 44.1 Å². The lowest BCUT2D eigenvalue weighted by Crippen LogP contribution is -2.40. The van der Waals surface area contributed by atoms with Gasteiger partial charge < -0.3 is 14.9 Å². The smallest absolute Gasteiger partial charge is 0.313 e. The maximum atomic E-state index is 12.5. The van der Waals surface area contributed by atoms with E-state index in [1.165, 1.54) is 6.92 Å². The van der Waals surface area contributed by atoms with Crippen molar-refractivity contribution in [1.29, 1.82) is 0 Å². The Kier molecular flexibility index (Phi) is 6.40. The summed E-state index contributed by atoms with van der Waals surface area (Å²) in [6, 6.07) is 9.14. The van der Waals surface area contributed by atoms with Crippen molar-refractivity contribution >= 4 is 17.9 Å². The Morgan fingerprint density at radius 2 is 1.77 bits per heavy atom. The minimum Gasteiger partial charge on any atom is -0.481 e. The van der Waals surface area contributed by atoms with Crippen molar-refractivity contribution in [2.24, 2.45) is 23.2 Å². The summed E-state index contributed by atoms with van der Waals surface area (Å²) >= 11 is 0. The second-order valence-corrected chi connectivity index (χ2v) is 7.61. The SMILES string of the molecule is CC1CCC(C(=O)OCC(C)(Cc2ccccc2)C(=O)O)C(C(=O)O)C1. The first-order valence-electron chi connectivity index (χ1n) is 8.89. The molecule has 4 unspecified atom stereocenters. The summed E-state index contributed by atoms with van der Waals surface area (Å²) < 4.78 is 5.31. The van der Waals surface area contributed by atoms with Gasteiger partial charge in [-0.2, -0.15) is 0 Å². The van der Waals surface area contributed by atoms with Gasteiger partial charge in [0.05, 0.1) is 11.8 Å². The molecule has 0 radical (unpaired) electrons. The zero-order valence-electron chi connectivity index (χ0n) is 15.2. The Hall–Kier alpha value is -2.37. The van der Waals surface area contributed by atoms with Crippen molar-refractivity contribution in [2.75, 3.05) is 6.61 Å². The van der Waals surface area contributed by atoms with Crippen LogP contribution in [0, 0.1) is 23.2 Å². The molecular formula is C20H26O6. The molecule has 0 aliphatic heterocycles. The molecule has 6 heteroatoms. The number of benzene rings is 1. The molecule has 2 rings (SSSR count). The summed E-state index contributed by atoms with van der Waals surface area (Å²) in [6.45, 7) is 3.22. The van der Waals surface area contributed by atoms with Crippen LogP contribution in [-0.2, 0) is 25.5 Å². The van der Waals surface area contributed by atoms with E-state index < -0.39 is 35.2 Å². The topological polar surface area (TPSA) is 101 Å². The van der Waals surface area contributed by atoms with Gasteiger partial charge >= 0.3 is 17.9 Å². The number of rotatable bonds is 7. The van der Waals surface area contributed by atoms with Crippen LogP contribution in [0.1, 0.15) is 38.7 Å². The van der Waals surface area contributed by atoms with E-state index in [0.717, 1.165) is 12.0 Å². The highest BCUT2D eigenvalue weighted by Gasteiger charge is 2.41. The van der Waals surface area contributed by atoms with Crippen LogP contribution in [0.4, 0.5) is 0 Å². The van der Waals surface area contributed by atoms with Crippen molar-refractivity contribution in [1.82, 2.24) is 0 Å². The van der Waals surface area contributed by atoms with Crippen LogP contribution in [0.25, 0.3) is 0 Å². The van der Waals surface area contributed by atoms with E-state index in [9.17, 15) is 24.6 Å². The molecule has 1 aliphatic carbocycles. The number of ether oxygens (including phenoxy) is 1. The number of carboxylic acids is 2. The van der Waals surface area contributed by atoms with Crippen LogP contribution < -0.4 is 0 Å². The summed E-state index contributed by atoms with van der Waals surface area (Å²) in [4.78, 5) is 35.7. The van der Waals surface area contributed by atoms with E-state index >= 15 is 0 Å². The first kappa shape index (κ1) is 19.9. The minimum atomic E-state index is -1.27. The van der Waals surface area contributed by atoms with Crippen LogP contribution in [-0.4, -0.2) is 34.7 Å². The highest BCUT2D eigenvalue weighted by Crippen LogP contribution is 2.35. The number of hydrogen-bond donors (Lipinski definition) is 2. The van der Waals surface area contributed by atoms with E-state index in [-0.39, 0.29) is 18.9 Å². The van der Waals surface area contributed by atoms with Crippen molar-refractivity contribution in [3.63, 3.8) is 0 Å². The summed E-state index contributed by atoms with van der Waals surface area (Å²) in [5.74, 6) is -3.88. The molecule has 1 aromatic carbocycles. The van der Waals surface area contributed by atoms with Gasteiger partial charge in [-0.3, -0.25) is 14.4 Å². The number of hydrogen-bond acceptors (Lipinski definition) is 4. The van der Waals surface area contributed by atoms with Gasteiger partial charge in [0.1, 0.15) is 12.0 Å². The molecule has 142 valence electrons. The van der Waals surface area contributed by atoms with Gasteiger partial charge in [-0.25, -0.2) is 0 Å². The Bertz CT molecular complexity index is 656. The maximum absolute atomic E-state index is 12.5. The Morgan fingerprint density at radius 3 is 2.35 bits per heavy atom. The number of aliphatic carboxylic acids is 2. The van der Waals surface area contributed by atoms with E-state index in [2.05, 4.69) is 0 Å². The Morgan fingerprint density at radius 1 is 1.12 bits per heavy atom. The quantitative estimate of drug-likeness (QED) is 0.723. The molecule has 1 fully saturated rings. The lowest BCUT2D eigenvalue weighted by molar-refractivity contribution is -0.167. The molecule has 1 aliphatic rings. The molecule has 1 saturated carbocycles. The maximum Gasteiger partial charge on any atom is 0.313 e. The first-order chi connectivity index (χ1) is 12.2. The highest BCUT2D eigenvalue weighted by molar-refractivity contribution is 5.82. The van der Waals surface area contributed by atoms with Crippen LogP contribution in [0.15, 0.2) is 30.3 Å². The fourth-order valence-electron chi connectivity index (χ4n) is 3.51. The molecule has 0 heterocycles. The predicted octanol–water partition coefficient (Wildman–Crippen LogP) is 3.00. The molecule has 2 N–H and O–H groups in total. The molecule has 1 aromatic rings. The second-order valence-electron chi connectivity index (χ2n) is 7.61. The summed E-state index contributed by atoms with van der Waals surface area (Å²) in [5.41, 5.74) is -0.430. The molecule has 6 nitrogen and oxygen atoms in total. The molecule has 0 saturated heterocycles. The monoisotopic (exact) mass is 362 g/mol. The van der Waals surface area contributed by atoms with Gasteiger partial charge in [0.2, 0.25) is 0 Å². The lowest BCUT2D eigenvalue weighted by Gasteiger charge is -2.32. The third-order valence-electron chi connectivity index (χ3n) is 5.22. The number of carbonyl (C=O) groups excluding carboxylic acids is 1. The zero-order chi connectivity index (χ0) is 19.3. The third kappa shape index (κ3) is 4.84.